The number of benzene rings is 1. The van der Waals surface area contributed by atoms with Gasteiger partial charge in [0.05, 0.1) is 19.3 Å². The third-order valence-electron chi connectivity index (χ3n) is 3.06. The van der Waals surface area contributed by atoms with E-state index in [1.54, 1.807) is 14.0 Å². The van der Waals surface area contributed by atoms with Crippen LogP contribution in [0.1, 0.15) is 37.9 Å². The Kier molecular flexibility index (Phi) is 3.94. The molecule has 0 aromatic heterocycles. The van der Waals surface area contributed by atoms with Gasteiger partial charge in [-0.25, -0.2) is 0 Å². The van der Waals surface area contributed by atoms with E-state index >= 15 is 0 Å². The van der Waals surface area contributed by atoms with Crippen molar-refractivity contribution in [3.63, 3.8) is 0 Å². The molecular weight excluding hydrogens is 284 g/mol. The van der Waals surface area contributed by atoms with Crippen molar-refractivity contribution in [1.82, 2.24) is 0 Å². The van der Waals surface area contributed by atoms with E-state index in [0.29, 0.717) is 11.5 Å². The van der Waals surface area contributed by atoms with E-state index in [2.05, 4.69) is 15.9 Å². The van der Waals surface area contributed by atoms with Crippen LogP contribution in [0.5, 0.6) is 11.5 Å². The molecule has 17 heavy (non-hydrogen) atoms. The molecule has 1 aliphatic rings. The van der Waals surface area contributed by atoms with E-state index in [-0.39, 0.29) is 6.10 Å². The Morgan fingerprint density at radius 2 is 2.12 bits per heavy atom. The molecular formula is C13H17BrO3. The maximum absolute atomic E-state index is 9.80. The van der Waals surface area contributed by atoms with E-state index in [9.17, 15) is 5.11 Å². The monoisotopic (exact) mass is 300 g/mol. The number of aliphatic hydroxyl groups excluding tert-OH is 1. The lowest BCUT2D eigenvalue weighted by Gasteiger charge is -2.29. The van der Waals surface area contributed by atoms with Crippen LogP contribution < -0.4 is 9.47 Å². The predicted molar refractivity (Wildman–Crippen MR) is 69.6 cm³/mol. The first kappa shape index (κ1) is 12.7. The van der Waals surface area contributed by atoms with Crippen molar-refractivity contribution in [3.05, 3.63) is 22.2 Å². The van der Waals surface area contributed by atoms with Crippen LogP contribution in [0.3, 0.4) is 0 Å². The highest BCUT2D eigenvalue weighted by Crippen LogP contribution is 2.40. The van der Waals surface area contributed by atoms with Crippen LogP contribution in [-0.4, -0.2) is 18.3 Å². The van der Waals surface area contributed by atoms with Gasteiger partial charge in [0.1, 0.15) is 0 Å². The zero-order chi connectivity index (χ0) is 12.4. The minimum Gasteiger partial charge on any atom is -0.493 e. The molecule has 2 rings (SSSR count). The fourth-order valence-corrected chi connectivity index (χ4v) is 2.29. The number of methoxy groups -OCH3 is 1. The van der Waals surface area contributed by atoms with Crippen LogP contribution in [0.25, 0.3) is 0 Å². The van der Waals surface area contributed by atoms with Crippen molar-refractivity contribution in [1.29, 1.82) is 0 Å². The third kappa shape index (κ3) is 2.75. The van der Waals surface area contributed by atoms with Crippen molar-refractivity contribution in [3.8, 4) is 11.5 Å². The second-order valence-electron chi connectivity index (χ2n) is 4.37. The largest absolute Gasteiger partial charge is 0.493 e. The van der Waals surface area contributed by atoms with E-state index in [0.717, 1.165) is 22.9 Å². The summed E-state index contributed by atoms with van der Waals surface area (Å²) >= 11 is 3.41. The highest BCUT2D eigenvalue weighted by Gasteiger charge is 2.24. The van der Waals surface area contributed by atoms with Gasteiger partial charge in [0.25, 0.3) is 0 Å². The second-order valence-corrected chi connectivity index (χ2v) is 5.29. The molecule has 1 aliphatic carbocycles. The van der Waals surface area contributed by atoms with Crippen molar-refractivity contribution in [2.45, 2.75) is 38.4 Å². The van der Waals surface area contributed by atoms with Crippen LogP contribution in [0.4, 0.5) is 0 Å². The lowest BCUT2D eigenvalue weighted by molar-refractivity contribution is 0.108. The Balaban J connectivity index is 2.36. The molecule has 94 valence electrons. The van der Waals surface area contributed by atoms with E-state index in [4.69, 9.17) is 9.47 Å². The molecule has 0 spiro atoms. The van der Waals surface area contributed by atoms with Crippen LogP contribution in [0, 0.1) is 0 Å². The molecule has 4 heteroatoms. The molecule has 0 aliphatic heterocycles. The number of hydrogen-bond acceptors (Lipinski definition) is 3. The van der Waals surface area contributed by atoms with Crippen LogP contribution in [0.15, 0.2) is 16.6 Å². The van der Waals surface area contributed by atoms with Gasteiger partial charge in [0.2, 0.25) is 0 Å². The van der Waals surface area contributed by atoms with Crippen molar-refractivity contribution >= 4 is 15.9 Å². The maximum atomic E-state index is 9.80. The van der Waals surface area contributed by atoms with E-state index < -0.39 is 6.10 Å². The summed E-state index contributed by atoms with van der Waals surface area (Å²) in [4.78, 5) is 0. The van der Waals surface area contributed by atoms with Crippen molar-refractivity contribution < 1.29 is 14.6 Å². The Morgan fingerprint density at radius 3 is 2.59 bits per heavy atom. The smallest absolute Gasteiger partial charge is 0.167 e. The van der Waals surface area contributed by atoms with Gasteiger partial charge in [-0.1, -0.05) is 15.9 Å². The number of aliphatic hydroxyl groups is 1. The normalized spacial score (nSPS) is 17.4. The van der Waals surface area contributed by atoms with E-state index in [1.807, 2.05) is 12.1 Å². The predicted octanol–water partition coefficient (Wildman–Crippen LogP) is 3.44. The lowest BCUT2D eigenvalue weighted by Crippen LogP contribution is -2.25. The molecule has 1 unspecified atom stereocenters. The minimum atomic E-state index is -0.573. The first-order valence-electron chi connectivity index (χ1n) is 5.84. The molecule has 1 fully saturated rings. The molecule has 0 heterocycles. The Bertz CT molecular complexity index is 400. The SMILES string of the molecule is COc1cc(Br)cc(C(C)O)c1OC1CCC1. The van der Waals surface area contributed by atoms with Gasteiger partial charge < -0.3 is 14.6 Å². The summed E-state index contributed by atoms with van der Waals surface area (Å²) in [6.07, 6.45) is 3.07. The summed E-state index contributed by atoms with van der Waals surface area (Å²) in [5.74, 6) is 1.34. The highest BCUT2D eigenvalue weighted by molar-refractivity contribution is 9.10. The number of halogens is 1. The van der Waals surface area contributed by atoms with Gasteiger partial charge in [-0.05, 0) is 38.3 Å². The van der Waals surface area contributed by atoms with E-state index in [1.165, 1.54) is 6.42 Å². The summed E-state index contributed by atoms with van der Waals surface area (Å²) in [7, 11) is 1.61. The summed E-state index contributed by atoms with van der Waals surface area (Å²) in [6.45, 7) is 1.73. The Labute approximate surface area is 110 Å². The maximum Gasteiger partial charge on any atom is 0.167 e. The number of ether oxygens (including phenoxy) is 2. The fourth-order valence-electron chi connectivity index (χ4n) is 1.83. The zero-order valence-electron chi connectivity index (χ0n) is 10.1. The molecule has 1 aromatic rings. The van der Waals surface area contributed by atoms with Gasteiger partial charge in [-0.2, -0.15) is 0 Å². The van der Waals surface area contributed by atoms with Gasteiger partial charge in [0.15, 0.2) is 11.5 Å². The topological polar surface area (TPSA) is 38.7 Å². The average Bonchev–Trinajstić information content (AvgIpc) is 2.23. The van der Waals surface area contributed by atoms with Crippen LogP contribution >= 0.6 is 15.9 Å². The number of rotatable bonds is 4. The second kappa shape index (κ2) is 5.27. The zero-order valence-corrected chi connectivity index (χ0v) is 11.7. The van der Waals surface area contributed by atoms with Gasteiger partial charge in [-0.3, -0.25) is 0 Å². The molecule has 0 bridgehead atoms. The standard InChI is InChI=1S/C13H17BrO3/c1-8(15)11-6-9(14)7-12(16-2)13(11)17-10-4-3-5-10/h6-8,10,15H,3-5H2,1-2H3. The van der Waals surface area contributed by atoms with Crippen molar-refractivity contribution in [2.75, 3.05) is 7.11 Å². The molecule has 0 amide bonds. The lowest BCUT2D eigenvalue weighted by atomic mass is 9.96. The minimum absolute atomic E-state index is 0.266. The van der Waals surface area contributed by atoms with Gasteiger partial charge >= 0.3 is 0 Å². The Morgan fingerprint density at radius 1 is 1.41 bits per heavy atom. The highest BCUT2D eigenvalue weighted by atomic mass is 79.9. The Hall–Kier alpha value is -0.740. The molecule has 1 N–H and O–H groups in total. The quantitative estimate of drug-likeness (QED) is 0.926. The third-order valence-corrected chi connectivity index (χ3v) is 3.51. The number of hydrogen-bond donors (Lipinski definition) is 1. The first-order chi connectivity index (χ1) is 8.11. The average molecular weight is 301 g/mol. The van der Waals surface area contributed by atoms with Crippen LogP contribution in [-0.2, 0) is 0 Å². The van der Waals surface area contributed by atoms with Gasteiger partial charge in [-0.15, -0.1) is 0 Å². The van der Waals surface area contributed by atoms with Crippen molar-refractivity contribution in [2.24, 2.45) is 0 Å². The first-order valence-corrected chi connectivity index (χ1v) is 6.63. The van der Waals surface area contributed by atoms with Crippen LogP contribution in [0.2, 0.25) is 0 Å². The molecule has 0 saturated heterocycles. The molecule has 1 aromatic carbocycles. The summed E-state index contributed by atoms with van der Waals surface area (Å²) in [5.41, 5.74) is 0.767. The molecule has 0 radical (unpaired) electrons. The summed E-state index contributed by atoms with van der Waals surface area (Å²) < 4.78 is 12.1. The molecule has 1 atom stereocenters. The molecule has 1 saturated carbocycles. The fraction of sp³-hybridized carbons (Fsp3) is 0.538. The summed E-state index contributed by atoms with van der Waals surface area (Å²) in [6, 6.07) is 3.74. The van der Waals surface area contributed by atoms with Gasteiger partial charge in [0, 0.05) is 10.0 Å². The summed E-state index contributed by atoms with van der Waals surface area (Å²) in [5, 5.41) is 9.80. The molecule has 3 nitrogen and oxygen atoms in total.